The Morgan fingerprint density at radius 2 is 1.93 bits per heavy atom. The van der Waals surface area contributed by atoms with Crippen LogP contribution in [0, 0.1) is 12.3 Å². The Labute approximate surface area is 86.5 Å². The third-order valence-electron chi connectivity index (χ3n) is 2.32. The van der Waals surface area contributed by atoms with Gasteiger partial charge in [0.1, 0.15) is 0 Å². The number of rotatable bonds is 1. The first-order valence-electron chi connectivity index (χ1n) is 4.50. The van der Waals surface area contributed by atoms with Crippen molar-refractivity contribution in [2.45, 2.75) is 6.43 Å². The number of benzene rings is 2. The lowest BCUT2D eigenvalue weighted by Gasteiger charge is -2.05. The van der Waals surface area contributed by atoms with Gasteiger partial charge in [0.15, 0.2) is 0 Å². The second-order valence-electron chi connectivity index (χ2n) is 3.23. The Morgan fingerprint density at radius 3 is 2.60 bits per heavy atom. The highest BCUT2D eigenvalue weighted by molar-refractivity contribution is 5.87. The second kappa shape index (κ2) is 3.70. The van der Waals surface area contributed by atoms with Crippen LogP contribution in [0.3, 0.4) is 0 Å². The molecule has 0 saturated heterocycles. The fraction of sp³-hybridized carbons (Fsp3) is 0.0769. The summed E-state index contributed by atoms with van der Waals surface area (Å²) < 4.78 is 25.3. The van der Waals surface area contributed by atoms with Gasteiger partial charge in [-0.25, -0.2) is 8.78 Å². The van der Waals surface area contributed by atoms with Crippen LogP contribution in [0.15, 0.2) is 36.4 Å². The van der Waals surface area contributed by atoms with Gasteiger partial charge in [0.2, 0.25) is 0 Å². The van der Waals surface area contributed by atoms with Crippen LogP contribution < -0.4 is 0 Å². The van der Waals surface area contributed by atoms with Crippen molar-refractivity contribution in [3.8, 4) is 12.3 Å². The van der Waals surface area contributed by atoms with Crippen molar-refractivity contribution in [1.82, 2.24) is 0 Å². The van der Waals surface area contributed by atoms with Crippen molar-refractivity contribution < 1.29 is 8.78 Å². The molecule has 0 amide bonds. The lowest BCUT2D eigenvalue weighted by Crippen LogP contribution is -1.87. The highest BCUT2D eigenvalue weighted by atomic mass is 19.3. The minimum absolute atomic E-state index is 0.0519. The van der Waals surface area contributed by atoms with Gasteiger partial charge in [-0.05, 0) is 22.9 Å². The maximum absolute atomic E-state index is 12.6. The molecule has 0 aromatic heterocycles. The van der Waals surface area contributed by atoms with Gasteiger partial charge in [0.05, 0.1) is 0 Å². The molecule has 0 aliphatic rings. The Hall–Kier alpha value is -1.88. The molecule has 0 fully saturated rings. The summed E-state index contributed by atoms with van der Waals surface area (Å²) in [6, 6.07) is 9.89. The van der Waals surface area contributed by atoms with E-state index in [2.05, 4.69) is 5.92 Å². The largest absolute Gasteiger partial charge is 0.264 e. The van der Waals surface area contributed by atoms with Gasteiger partial charge >= 0.3 is 0 Å². The molecule has 0 N–H and O–H groups in total. The Morgan fingerprint density at radius 1 is 1.13 bits per heavy atom. The fourth-order valence-corrected chi connectivity index (χ4v) is 1.59. The summed E-state index contributed by atoms with van der Waals surface area (Å²) in [4.78, 5) is 0. The van der Waals surface area contributed by atoms with E-state index in [-0.39, 0.29) is 5.56 Å². The van der Waals surface area contributed by atoms with Crippen LogP contribution in [0.4, 0.5) is 8.78 Å². The molecule has 2 aromatic rings. The molecule has 0 spiro atoms. The standard InChI is InChI=1S/C13H8F2/c1-2-9-6-7-11-10(8-9)4-3-5-12(11)13(14)15/h1,3-8,13H. The molecule has 0 bridgehead atoms. The van der Waals surface area contributed by atoms with Gasteiger partial charge in [-0.15, -0.1) is 6.42 Å². The average Bonchev–Trinajstić information content (AvgIpc) is 2.27. The monoisotopic (exact) mass is 202 g/mol. The fourth-order valence-electron chi connectivity index (χ4n) is 1.59. The molecular weight excluding hydrogens is 194 g/mol. The van der Waals surface area contributed by atoms with Gasteiger partial charge in [-0.2, -0.15) is 0 Å². The van der Waals surface area contributed by atoms with Crippen molar-refractivity contribution in [2.75, 3.05) is 0 Å². The normalized spacial score (nSPS) is 10.5. The summed E-state index contributed by atoms with van der Waals surface area (Å²) in [5.41, 5.74) is 0.755. The molecule has 2 rings (SSSR count). The molecule has 2 heteroatoms. The van der Waals surface area contributed by atoms with Crippen molar-refractivity contribution in [3.05, 3.63) is 47.5 Å². The minimum Gasteiger partial charge on any atom is -0.205 e. The maximum atomic E-state index is 12.6. The Kier molecular flexibility index (Phi) is 2.39. The lowest BCUT2D eigenvalue weighted by molar-refractivity contribution is 0.153. The maximum Gasteiger partial charge on any atom is 0.264 e. The van der Waals surface area contributed by atoms with Crippen LogP contribution in [0.25, 0.3) is 10.8 Å². The van der Waals surface area contributed by atoms with E-state index in [1.807, 2.05) is 0 Å². The van der Waals surface area contributed by atoms with Crippen molar-refractivity contribution in [2.24, 2.45) is 0 Å². The van der Waals surface area contributed by atoms with Gasteiger partial charge in [0.25, 0.3) is 6.43 Å². The molecule has 2 aromatic carbocycles. The smallest absolute Gasteiger partial charge is 0.205 e. The van der Waals surface area contributed by atoms with Crippen molar-refractivity contribution >= 4 is 10.8 Å². The molecule has 15 heavy (non-hydrogen) atoms. The highest BCUT2D eigenvalue weighted by Crippen LogP contribution is 2.27. The third kappa shape index (κ3) is 1.69. The van der Waals surface area contributed by atoms with Crippen LogP contribution in [0.1, 0.15) is 17.6 Å². The summed E-state index contributed by atoms with van der Waals surface area (Å²) >= 11 is 0. The molecule has 0 saturated carbocycles. The first-order valence-corrected chi connectivity index (χ1v) is 4.50. The molecule has 0 nitrogen and oxygen atoms in total. The summed E-state index contributed by atoms with van der Waals surface area (Å²) in [5, 5.41) is 1.31. The SMILES string of the molecule is C#Cc1ccc2c(C(F)F)cccc2c1. The summed E-state index contributed by atoms with van der Waals surface area (Å²) in [6.07, 6.45) is 2.79. The number of hydrogen-bond acceptors (Lipinski definition) is 0. The minimum atomic E-state index is -2.45. The Balaban J connectivity index is 2.73. The zero-order valence-electron chi connectivity index (χ0n) is 7.87. The molecule has 0 atom stereocenters. The zero-order chi connectivity index (χ0) is 10.8. The predicted octanol–water partition coefficient (Wildman–Crippen LogP) is 3.76. The molecule has 0 radical (unpaired) electrons. The quantitative estimate of drug-likeness (QED) is 0.617. The van der Waals surface area contributed by atoms with Crippen LogP contribution >= 0.6 is 0 Å². The third-order valence-corrected chi connectivity index (χ3v) is 2.32. The number of fused-ring (bicyclic) bond motifs is 1. The van der Waals surface area contributed by atoms with E-state index in [9.17, 15) is 8.78 Å². The van der Waals surface area contributed by atoms with Crippen LogP contribution in [-0.4, -0.2) is 0 Å². The first kappa shape index (κ1) is 9.67. The molecule has 74 valence electrons. The molecule has 0 heterocycles. The predicted molar refractivity (Wildman–Crippen MR) is 56.8 cm³/mol. The highest BCUT2D eigenvalue weighted by Gasteiger charge is 2.10. The summed E-state index contributed by atoms with van der Waals surface area (Å²) in [6.45, 7) is 0. The van der Waals surface area contributed by atoms with E-state index in [1.165, 1.54) is 6.07 Å². The van der Waals surface area contributed by atoms with E-state index in [4.69, 9.17) is 6.42 Å². The number of halogens is 2. The second-order valence-corrected chi connectivity index (χ2v) is 3.23. The van der Waals surface area contributed by atoms with Gasteiger partial charge in [0, 0.05) is 11.1 Å². The van der Waals surface area contributed by atoms with E-state index in [0.717, 1.165) is 5.39 Å². The molecule has 0 unspecified atom stereocenters. The number of terminal acetylenes is 1. The molecule has 0 aliphatic heterocycles. The molecule has 0 aliphatic carbocycles. The average molecular weight is 202 g/mol. The Bertz CT molecular complexity index is 536. The van der Waals surface area contributed by atoms with Crippen molar-refractivity contribution in [3.63, 3.8) is 0 Å². The van der Waals surface area contributed by atoms with Gasteiger partial charge < -0.3 is 0 Å². The number of hydrogen-bond donors (Lipinski definition) is 0. The summed E-state index contributed by atoms with van der Waals surface area (Å²) in [5.74, 6) is 2.48. The van der Waals surface area contributed by atoms with Gasteiger partial charge in [-0.1, -0.05) is 30.2 Å². The summed E-state index contributed by atoms with van der Waals surface area (Å²) in [7, 11) is 0. The van der Waals surface area contributed by atoms with Crippen molar-refractivity contribution in [1.29, 1.82) is 0 Å². The van der Waals surface area contributed by atoms with Crippen LogP contribution in [0.5, 0.6) is 0 Å². The zero-order valence-corrected chi connectivity index (χ0v) is 7.87. The van der Waals surface area contributed by atoms with E-state index < -0.39 is 6.43 Å². The van der Waals surface area contributed by atoms with Crippen LogP contribution in [0.2, 0.25) is 0 Å². The lowest BCUT2D eigenvalue weighted by atomic mass is 10.0. The van der Waals surface area contributed by atoms with E-state index in [1.54, 1.807) is 30.3 Å². The number of alkyl halides is 2. The van der Waals surface area contributed by atoms with E-state index in [0.29, 0.717) is 10.9 Å². The molecular formula is C13H8F2. The van der Waals surface area contributed by atoms with E-state index >= 15 is 0 Å². The van der Waals surface area contributed by atoms with Gasteiger partial charge in [-0.3, -0.25) is 0 Å². The topological polar surface area (TPSA) is 0 Å². The van der Waals surface area contributed by atoms with Crippen LogP contribution in [-0.2, 0) is 0 Å². The first-order chi connectivity index (χ1) is 7.22.